The van der Waals surface area contributed by atoms with E-state index in [1.807, 2.05) is 13.8 Å². The van der Waals surface area contributed by atoms with Crippen LogP contribution in [-0.4, -0.2) is 42.9 Å². The number of amides is 1. The highest BCUT2D eigenvalue weighted by molar-refractivity contribution is 6.01. The number of ether oxygens (including phenoxy) is 2. The standard InChI is InChI=1S/C21H29NO6/c1-6-27-19(25)13-12-18(24)20(14(3)4)22(15(5)23)17-10-8-16(9-11-17)21(26)28-7-2/h8-11,14,20H,6-7,12-13H2,1-5H3. The van der Waals surface area contributed by atoms with Gasteiger partial charge in [-0.3, -0.25) is 14.4 Å². The van der Waals surface area contributed by atoms with Crippen molar-refractivity contribution in [2.24, 2.45) is 5.92 Å². The van der Waals surface area contributed by atoms with Crippen LogP contribution in [0, 0.1) is 5.92 Å². The molecule has 0 aliphatic heterocycles. The van der Waals surface area contributed by atoms with Gasteiger partial charge in [0.15, 0.2) is 5.78 Å². The zero-order valence-corrected chi connectivity index (χ0v) is 17.2. The summed E-state index contributed by atoms with van der Waals surface area (Å²) in [6.45, 7) is 9.02. The Morgan fingerprint density at radius 2 is 1.50 bits per heavy atom. The fourth-order valence-corrected chi connectivity index (χ4v) is 2.93. The fraction of sp³-hybridized carbons (Fsp3) is 0.524. The van der Waals surface area contributed by atoms with Gasteiger partial charge in [-0.15, -0.1) is 0 Å². The number of hydrogen-bond donors (Lipinski definition) is 0. The molecule has 1 aromatic carbocycles. The summed E-state index contributed by atoms with van der Waals surface area (Å²) >= 11 is 0. The summed E-state index contributed by atoms with van der Waals surface area (Å²) in [5, 5.41) is 0. The number of carbonyl (C=O) groups is 4. The Hall–Kier alpha value is -2.70. The topological polar surface area (TPSA) is 90.0 Å². The second-order valence-corrected chi connectivity index (χ2v) is 6.62. The van der Waals surface area contributed by atoms with Crippen molar-refractivity contribution in [1.29, 1.82) is 0 Å². The minimum Gasteiger partial charge on any atom is -0.466 e. The zero-order valence-electron chi connectivity index (χ0n) is 17.2. The van der Waals surface area contributed by atoms with Crippen molar-refractivity contribution in [3.05, 3.63) is 29.8 Å². The number of rotatable bonds is 10. The van der Waals surface area contributed by atoms with Crippen LogP contribution in [0.4, 0.5) is 5.69 Å². The Morgan fingerprint density at radius 3 is 1.96 bits per heavy atom. The number of ketones is 1. The predicted molar refractivity (Wildman–Crippen MR) is 105 cm³/mol. The van der Waals surface area contributed by atoms with Gasteiger partial charge in [-0.05, 0) is 44.0 Å². The van der Waals surface area contributed by atoms with Gasteiger partial charge in [0.2, 0.25) is 5.91 Å². The molecular formula is C21H29NO6. The highest BCUT2D eigenvalue weighted by atomic mass is 16.5. The monoisotopic (exact) mass is 391 g/mol. The minimum atomic E-state index is -0.722. The molecule has 1 atom stereocenters. The molecule has 0 aliphatic carbocycles. The van der Waals surface area contributed by atoms with E-state index in [-0.39, 0.29) is 43.7 Å². The molecule has 1 rings (SSSR count). The third-order valence-corrected chi connectivity index (χ3v) is 4.12. The van der Waals surface area contributed by atoms with E-state index in [4.69, 9.17) is 9.47 Å². The molecule has 0 fully saturated rings. The van der Waals surface area contributed by atoms with Gasteiger partial charge in [0.1, 0.15) is 0 Å². The lowest BCUT2D eigenvalue weighted by Crippen LogP contribution is -2.47. The maximum absolute atomic E-state index is 12.8. The normalized spacial score (nSPS) is 11.6. The molecule has 0 bridgehead atoms. The molecule has 0 aliphatic rings. The van der Waals surface area contributed by atoms with Gasteiger partial charge in [-0.25, -0.2) is 4.79 Å². The quantitative estimate of drug-likeness (QED) is 0.569. The number of carbonyl (C=O) groups excluding carboxylic acids is 4. The molecular weight excluding hydrogens is 362 g/mol. The summed E-state index contributed by atoms with van der Waals surface area (Å²) in [6.07, 6.45) is -0.0319. The van der Waals surface area contributed by atoms with Gasteiger partial charge in [0.05, 0.1) is 31.2 Å². The summed E-state index contributed by atoms with van der Waals surface area (Å²) in [5.41, 5.74) is 0.868. The zero-order chi connectivity index (χ0) is 21.3. The Balaban J connectivity index is 3.07. The molecule has 154 valence electrons. The van der Waals surface area contributed by atoms with E-state index in [0.29, 0.717) is 11.3 Å². The first-order chi connectivity index (χ1) is 13.2. The second-order valence-electron chi connectivity index (χ2n) is 6.62. The van der Waals surface area contributed by atoms with E-state index in [2.05, 4.69) is 0 Å². The van der Waals surface area contributed by atoms with Crippen molar-refractivity contribution in [3.63, 3.8) is 0 Å². The highest BCUT2D eigenvalue weighted by Gasteiger charge is 2.32. The fourth-order valence-electron chi connectivity index (χ4n) is 2.93. The molecule has 1 amide bonds. The lowest BCUT2D eigenvalue weighted by Gasteiger charge is -2.33. The Morgan fingerprint density at radius 1 is 0.929 bits per heavy atom. The Kier molecular flexibility index (Phi) is 9.35. The predicted octanol–water partition coefficient (Wildman–Crippen LogP) is 3.15. The van der Waals surface area contributed by atoms with E-state index in [1.165, 1.54) is 11.8 Å². The van der Waals surface area contributed by atoms with E-state index >= 15 is 0 Å². The van der Waals surface area contributed by atoms with Gasteiger partial charge in [-0.2, -0.15) is 0 Å². The molecule has 28 heavy (non-hydrogen) atoms. The van der Waals surface area contributed by atoms with Gasteiger partial charge in [-0.1, -0.05) is 13.8 Å². The van der Waals surface area contributed by atoms with Crippen molar-refractivity contribution < 1.29 is 28.7 Å². The number of hydrogen-bond acceptors (Lipinski definition) is 6. The molecule has 1 aromatic rings. The molecule has 0 saturated heterocycles. The highest BCUT2D eigenvalue weighted by Crippen LogP contribution is 2.24. The minimum absolute atomic E-state index is 0.00757. The van der Waals surface area contributed by atoms with Crippen LogP contribution in [0.3, 0.4) is 0 Å². The van der Waals surface area contributed by atoms with Crippen LogP contribution in [0.25, 0.3) is 0 Å². The van der Waals surface area contributed by atoms with Gasteiger partial charge in [0.25, 0.3) is 0 Å². The first kappa shape index (κ1) is 23.3. The number of benzene rings is 1. The van der Waals surface area contributed by atoms with Crippen LogP contribution in [0.2, 0.25) is 0 Å². The average Bonchev–Trinajstić information content (AvgIpc) is 2.64. The lowest BCUT2D eigenvalue weighted by atomic mass is 9.94. The summed E-state index contributed by atoms with van der Waals surface area (Å²) in [7, 11) is 0. The van der Waals surface area contributed by atoms with Crippen molar-refractivity contribution >= 4 is 29.3 Å². The Bertz CT molecular complexity index is 695. The van der Waals surface area contributed by atoms with Crippen LogP contribution < -0.4 is 4.90 Å². The summed E-state index contributed by atoms with van der Waals surface area (Å²) in [5.74, 6) is -1.57. The largest absolute Gasteiger partial charge is 0.466 e. The van der Waals surface area contributed by atoms with Gasteiger partial charge < -0.3 is 14.4 Å². The van der Waals surface area contributed by atoms with Crippen molar-refractivity contribution in [2.75, 3.05) is 18.1 Å². The van der Waals surface area contributed by atoms with Crippen LogP contribution in [0.1, 0.15) is 57.8 Å². The molecule has 0 spiro atoms. The molecule has 7 heteroatoms. The third-order valence-electron chi connectivity index (χ3n) is 4.12. The van der Waals surface area contributed by atoms with E-state index in [0.717, 1.165) is 0 Å². The van der Waals surface area contributed by atoms with Crippen LogP contribution >= 0.6 is 0 Å². The molecule has 0 heterocycles. The van der Waals surface area contributed by atoms with Gasteiger partial charge in [0, 0.05) is 19.0 Å². The van der Waals surface area contributed by atoms with Crippen molar-refractivity contribution in [2.45, 2.75) is 53.5 Å². The lowest BCUT2D eigenvalue weighted by molar-refractivity contribution is -0.144. The third kappa shape index (κ3) is 6.48. The average molecular weight is 391 g/mol. The first-order valence-electron chi connectivity index (χ1n) is 9.48. The number of anilines is 1. The molecule has 0 radical (unpaired) electrons. The summed E-state index contributed by atoms with van der Waals surface area (Å²) in [4.78, 5) is 49.9. The first-order valence-corrected chi connectivity index (χ1v) is 9.48. The molecule has 0 aromatic heterocycles. The van der Waals surface area contributed by atoms with E-state index in [9.17, 15) is 19.2 Å². The number of esters is 2. The SMILES string of the molecule is CCOC(=O)CCC(=O)C(C(C)C)N(C(C)=O)c1ccc(C(=O)OCC)cc1. The van der Waals surface area contributed by atoms with Crippen molar-refractivity contribution in [3.8, 4) is 0 Å². The molecule has 0 N–H and O–H groups in total. The van der Waals surface area contributed by atoms with E-state index in [1.54, 1.807) is 38.1 Å². The van der Waals surface area contributed by atoms with Crippen LogP contribution in [0.15, 0.2) is 24.3 Å². The van der Waals surface area contributed by atoms with E-state index < -0.39 is 18.0 Å². The molecule has 1 unspecified atom stereocenters. The number of Topliss-reactive ketones (excluding diaryl/α,β-unsaturated/α-hetero) is 1. The Labute approximate surface area is 166 Å². The molecule has 0 saturated carbocycles. The summed E-state index contributed by atoms with van der Waals surface area (Å²) in [6, 6.07) is 5.62. The van der Waals surface area contributed by atoms with Gasteiger partial charge >= 0.3 is 11.9 Å². The maximum Gasteiger partial charge on any atom is 0.338 e. The van der Waals surface area contributed by atoms with Crippen molar-refractivity contribution in [1.82, 2.24) is 0 Å². The smallest absolute Gasteiger partial charge is 0.338 e. The maximum atomic E-state index is 12.8. The molecule has 7 nitrogen and oxygen atoms in total. The summed E-state index contributed by atoms with van der Waals surface area (Å²) < 4.78 is 9.82. The van der Waals surface area contributed by atoms with Crippen LogP contribution in [0.5, 0.6) is 0 Å². The second kappa shape index (κ2) is 11.2. The van der Waals surface area contributed by atoms with Crippen LogP contribution in [-0.2, 0) is 23.9 Å². The number of nitrogens with zero attached hydrogens (tertiary/aromatic N) is 1.